The van der Waals surface area contributed by atoms with Crippen LogP contribution in [0.3, 0.4) is 0 Å². The van der Waals surface area contributed by atoms with Gasteiger partial charge in [0.25, 0.3) is 5.69 Å². The van der Waals surface area contributed by atoms with Gasteiger partial charge in [0.15, 0.2) is 0 Å². The highest BCUT2D eigenvalue weighted by Gasteiger charge is 2.25. The van der Waals surface area contributed by atoms with E-state index in [0.717, 1.165) is 6.42 Å². The second-order valence-electron chi connectivity index (χ2n) is 4.28. The first kappa shape index (κ1) is 13.8. The Labute approximate surface area is 114 Å². The summed E-state index contributed by atoms with van der Waals surface area (Å²) < 4.78 is 5.06. The van der Waals surface area contributed by atoms with E-state index in [-0.39, 0.29) is 12.3 Å². The Morgan fingerprint density at radius 2 is 2.10 bits per heavy atom. The highest BCUT2D eigenvalue weighted by Crippen LogP contribution is 2.20. The highest BCUT2D eigenvalue weighted by molar-refractivity contribution is 5.74. The van der Waals surface area contributed by atoms with Gasteiger partial charge in [-0.2, -0.15) is 0 Å². The minimum absolute atomic E-state index is 0.000531. The molecule has 0 saturated carbocycles. The molecule has 1 aliphatic rings. The van der Waals surface area contributed by atoms with E-state index in [9.17, 15) is 19.7 Å². The van der Waals surface area contributed by atoms with Gasteiger partial charge < -0.3 is 4.74 Å². The molecule has 7 nitrogen and oxygen atoms in total. The summed E-state index contributed by atoms with van der Waals surface area (Å²) in [5.74, 6) is 1.73. The van der Waals surface area contributed by atoms with Crippen LogP contribution in [0.1, 0.15) is 18.4 Å². The number of likely N-dealkylation sites (tertiary alicyclic amines) is 1. The van der Waals surface area contributed by atoms with Crippen molar-refractivity contribution in [1.82, 2.24) is 4.90 Å². The van der Waals surface area contributed by atoms with Crippen LogP contribution in [-0.4, -0.2) is 28.4 Å². The first-order valence-electron chi connectivity index (χ1n) is 6.03. The lowest BCUT2D eigenvalue weighted by Crippen LogP contribution is -2.27. The maximum absolute atomic E-state index is 11.8. The van der Waals surface area contributed by atoms with E-state index < -0.39 is 11.0 Å². The summed E-state index contributed by atoms with van der Waals surface area (Å²) in [7, 11) is 0. The molecule has 1 aromatic rings. The summed E-state index contributed by atoms with van der Waals surface area (Å²) in [5.41, 5.74) is 0.921. The number of hydrogen-bond donors (Lipinski definition) is 0. The van der Waals surface area contributed by atoms with Crippen molar-refractivity contribution in [3.05, 3.63) is 45.6 Å². The normalized spacial score (nSPS) is 14.0. The van der Waals surface area contributed by atoms with Crippen molar-refractivity contribution in [2.75, 3.05) is 6.54 Å². The molecule has 0 aliphatic carbocycles. The van der Waals surface area contributed by atoms with Gasteiger partial charge in [0.1, 0.15) is 18.2 Å². The molecule has 0 aromatic heterocycles. The van der Waals surface area contributed by atoms with Gasteiger partial charge >= 0.3 is 6.09 Å². The molecule has 1 amide bonds. The summed E-state index contributed by atoms with van der Waals surface area (Å²) in [6.07, 6.45) is 0.645. The van der Waals surface area contributed by atoms with E-state index in [1.807, 2.05) is 0 Å². The number of benzene rings is 1. The van der Waals surface area contributed by atoms with Gasteiger partial charge in [0, 0.05) is 25.1 Å². The third-order valence-corrected chi connectivity index (χ3v) is 2.97. The van der Waals surface area contributed by atoms with Crippen LogP contribution in [-0.2, 0) is 16.1 Å². The highest BCUT2D eigenvalue weighted by atomic mass is 16.6. The summed E-state index contributed by atoms with van der Waals surface area (Å²) in [6.45, 7) is 0.448. The van der Waals surface area contributed by atoms with Gasteiger partial charge in [-0.3, -0.25) is 15.0 Å². The number of amides is 1. The fourth-order valence-electron chi connectivity index (χ4n) is 1.92. The van der Waals surface area contributed by atoms with E-state index in [1.165, 1.54) is 29.2 Å². The predicted molar refractivity (Wildman–Crippen MR) is 68.4 cm³/mol. The van der Waals surface area contributed by atoms with E-state index in [1.54, 1.807) is 5.94 Å². The number of hydrogen-bond acceptors (Lipinski definition) is 5. The van der Waals surface area contributed by atoms with Gasteiger partial charge in [-0.25, -0.2) is 9.59 Å². The first-order chi connectivity index (χ1) is 9.61. The molecular weight excluding hydrogens is 264 g/mol. The molecule has 1 aromatic carbocycles. The van der Waals surface area contributed by atoms with Gasteiger partial charge in [-0.05, 0) is 24.1 Å². The van der Waals surface area contributed by atoms with Crippen LogP contribution in [0.15, 0.2) is 30.0 Å². The van der Waals surface area contributed by atoms with Crippen LogP contribution in [0.25, 0.3) is 0 Å². The maximum Gasteiger partial charge on any atom is 0.414 e. The molecule has 1 saturated heterocycles. The zero-order valence-electron chi connectivity index (χ0n) is 10.6. The Morgan fingerprint density at radius 1 is 1.40 bits per heavy atom. The monoisotopic (exact) mass is 276 g/mol. The molecule has 1 fully saturated rings. The Hall–Kier alpha value is -2.66. The molecule has 0 N–H and O–H groups in total. The Bertz CT molecular complexity index is 575. The maximum atomic E-state index is 11.8. The molecule has 1 heterocycles. The van der Waals surface area contributed by atoms with Crippen molar-refractivity contribution < 1.29 is 19.2 Å². The summed E-state index contributed by atoms with van der Waals surface area (Å²) in [4.78, 5) is 33.6. The molecule has 0 radical (unpaired) electrons. The topological polar surface area (TPSA) is 89.8 Å². The van der Waals surface area contributed by atoms with E-state index >= 15 is 0 Å². The molecule has 20 heavy (non-hydrogen) atoms. The number of nitro groups is 1. The largest absolute Gasteiger partial charge is 0.444 e. The second kappa shape index (κ2) is 5.99. The number of nitro benzene ring substituents is 1. The minimum atomic E-state index is -0.598. The number of carbonyl (C=O) groups excluding carboxylic acids is 2. The number of nitrogens with zero attached hydrogens (tertiary/aromatic N) is 2. The Kier molecular flexibility index (Phi) is 4.12. The molecule has 104 valence electrons. The summed E-state index contributed by atoms with van der Waals surface area (Å²) >= 11 is 0. The molecule has 2 rings (SSSR count). The fraction of sp³-hybridized carbons (Fsp3) is 0.308. The van der Waals surface area contributed by atoms with E-state index in [0.29, 0.717) is 24.2 Å². The first-order valence-corrected chi connectivity index (χ1v) is 6.03. The van der Waals surface area contributed by atoms with Gasteiger partial charge in [-0.15, -0.1) is 0 Å². The van der Waals surface area contributed by atoms with Gasteiger partial charge in [-0.1, -0.05) is 0 Å². The van der Waals surface area contributed by atoms with Crippen LogP contribution < -0.4 is 0 Å². The quantitative estimate of drug-likeness (QED) is 0.478. The van der Waals surface area contributed by atoms with E-state index in [4.69, 9.17) is 4.74 Å². The lowest BCUT2D eigenvalue weighted by molar-refractivity contribution is -0.384. The molecule has 0 spiro atoms. The lowest BCUT2D eigenvalue weighted by atomic mass is 10.2. The zero-order chi connectivity index (χ0) is 14.5. The number of rotatable bonds is 3. The number of carbonyl (C=O) groups is 1. The van der Waals surface area contributed by atoms with Crippen molar-refractivity contribution in [2.24, 2.45) is 0 Å². The van der Waals surface area contributed by atoms with Crippen LogP contribution in [0, 0.1) is 10.1 Å². The summed E-state index contributed by atoms with van der Waals surface area (Å²) in [5, 5.41) is 10.5. The lowest BCUT2D eigenvalue weighted by Gasteiger charge is -2.15. The molecule has 0 atom stereocenters. The molecule has 0 bridgehead atoms. The molecule has 1 aliphatic heterocycles. The van der Waals surface area contributed by atoms with E-state index in [2.05, 4.69) is 0 Å². The summed E-state index contributed by atoms with van der Waals surface area (Å²) in [6, 6.07) is 5.73. The van der Waals surface area contributed by atoms with Crippen molar-refractivity contribution in [1.29, 1.82) is 0 Å². The van der Waals surface area contributed by atoms with Crippen molar-refractivity contribution in [2.45, 2.75) is 19.4 Å². The van der Waals surface area contributed by atoms with Crippen molar-refractivity contribution in [3.63, 3.8) is 0 Å². The minimum Gasteiger partial charge on any atom is -0.444 e. The van der Waals surface area contributed by atoms with Gasteiger partial charge in [0.05, 0.1) is 4.92 Å². The number of non-ortho nitro benzene ring substituents is 1. The third kappa shape index (κ3) is 3.02. The molecule has 0 unspecified atom stereocenters. The number of ether oxygens (including phenoxy) is 1. The SMILES string of the molecule is O=C=C1CCCN1C(=O)OCc1ccc([N+](=O)[O-])cc1. The Balaban J connectivity index is 1.93. The molecule has 7 heteroatoms. The zero-order valence-corrected chi connectivity index (χ0v) is 10.6. The van der Waals surface area contributed by atoms with Gasteiger partial charge in [0.2, 0.25) is 0 Å². The van der Waals surface area contributed by atoms with Crippen LogP contribution >= 0.6 is 0 Å². The smallest absolute Gasteiger partial charge is 0.414 e. The van der Waals surface area contributed by atoms with Crippen molar-refractivity contribution in [3.8, 4) is 0 Å². The average Bonchev–Trinajstić information content (AvgIpc) is 2.93. The predicted octanol–water partition coefficient (Wildman–Crippen LogP) is 2.04. The van der Waals surface area contributed by atoms with Crippen molar-refractivity contribution >= 4 is 17.7 Å². The Morgan fingerprint density at radius 3 is 2.70 bits per heavy atom. The molecular formula is C13H12N2O5. The standard InChI is InChI=1S/C13H12N2O5/c16-8-12-2-1-7-14(12)13(17)20-9-10-3-5-11(6-4-10)15(18)19/h3-6H,1-2,7,9H2. The van der Waals surface area contributed by atoms with Crippen LogP contribution in [0.4, 0.5) is 10.5 Å². The van der Waals surface area contributed by atoms with Crippen LogP contribution in [0.5, 0.6) is 0 Å². The average molecular weight is 276 g/mol. The second-order valence-corrected chi connectivity index (χ2v) is 4.28. The number of allylic oxidation sites excluding steroid dienone is 1. The fourth-order valence-corrected chi connectivity index (χ4v) is 1.92. The third-order valence-electron chi connectivity index (χ3n) is 2.97. The van der Waals surface area contributed by atoms with Crippen LogP contribution in [0.2, 0.25) is 0 Å².